The van der Waals surface area contributed by atoms with E-state index in [1.165, 1.54) is 9.80 Å². The van der Waals surface area contributed by atoms with Crippen LogP contribution in [0.4, 0.5) is 16.2 Å². The Morgan fingerprint density at radius 2 is 1.59 bits per heavy atom. The summed E-state index contributed by atoms with van der Waals surface area (Å²) in [7, 11) is 4.74. The SMILES string of the molecule is COc1ccc(NC(=O)CN2C(=O)N(c3ccccc3)C(=O)C3CC(OC)C(OC)CC32)cc1. The highest BCUT2D eigenvalue weighted by molar-refractivity contribution is 6.17. The van der Waals surface area contributed by atoms with Gasteiger partial charge in [-0.05, 0) is 49.2 Å². The average molecular weight is 468 g/mol. The van der Waals surface area contributed by atoms with Crippen LogP contribution in [0.3, 0.4) is 0 Å². The minimum absolute atomic E-state index is 0.198. The van der Waals surface area contributed by atoms with Crippen molar-refractivity contribution in [3.05, 3.63) is 54.6 Å². The van der Waals surface area contributed by atoms with Crippen molar-refractivity contribution in [1.29, 1.82) is 0 Å². The second-order valence-corrected chi connectivity index (χ2v) is 8.39. The molecule has 4 atom stereocenters. The van der Waals surface area contributed by atoms with E-state index in [9.17, 15) is 14.4 Å². The quantitative estimate of drug-likeness (QED) is 0.673. The molecule has 0 bridgehead atoms. The summed E-state index contributed by atoms with van der Waals surface area (Å²) in [5.74, 6) is -0.486. The fraction of sp³-hybridized carbons (Fsp3) is 0.400. The molecule has 2 aliphatic rings. The lowest BCUT2D eigenvalue weighted by Crippen LogP contribution is -2.66. The summed E-state index contributed by atoms with van der Waals surface area (Å²) in [5.41, 5.74) is 1.06. The maximum Gasteiger partial charge on any atom is 0.332 e. The zero-order chi connectivity index (χ0) is 24.2. The van der Waals surface area contributed by atoms with Crippen LogP contribution in [0, 0.1) is 5.92 Å². The molecular weight excluding hydrogens is 438 g/mol. The molecule has 0 aromatic heterocycles. The second-order valence-electron chi connectivity index (χ2n) is 8.39. The summed E-state index contributed by atoms with van der Waals surface area (Å²) in [6.07, 6.45) is 0.222. The molecule has 2 aromatic carbocycles. The lowest BCUT2D eigenvalue weighted by molar-refractivity contribution is -0.139. The zero-order valence-electron chi connectivity index (χ0n) is 19.5. The predicted octanol–water partition coefficient (Wildman–Crippen LogP) is 2.91. The molecule has 1 N–H and O–H groups in total. The number of para-hydroxylation sites is 1. The number of amides is 4. The lowest BCUT2D eigenvalue weighted by Gasteiger charge is -2.49. The molecule has 34 heavy (non-hydrogen) atoms. The number of anilines is 2. The van der Waals surface area contributed by atoms with E-state index in [0.29, 0.717) is 30.0 Å². The number of carbonyl (C=O) groups excluding carboxylic acids is 3. The Balaban J connectivity index is 1.61. The maximum absolute atomic E-state index is 13.6. The summed E-state index contributed by atoms with van der Waals surface area (Å²) in [5, 5.41) is 2.82. The third-order valence-electron chi connectivity index (χ3n) is 6.52. The molecule has 4 rings (SSSR count). The Hall–Kier alpha value is -3.43. The topological polar surface area (TPSA) is 97.4 Å². The predicted molar refractivity (Wildman–Crippen MR) is 126 cm³/mol. The standard InChI is InChI=1S/C25H29N3O6/c1-32-18-11-9-16(10-12-18)26-23(29)15-27-20-14-22(34-3)21(33-2)13-19(20)24(30)28(25(27)31)17-7-5-4-6-8-17/h4-12,19-22H,13-15H2,1-3H3,(H,26,29). The minimum atomic E-state index is -0.520. The van der Waals surface area contributed by atoms with Crippen molar-refractivity contribution >= 4 is 29.2 Å². The molecular formula is C25H29N3O6. The van der Waals surface area contributed by atoms with Crippen molar-refractivity contribution in [2.75, 3.05) is 38.1 Å². The largest absolute Gasteiger partial charge is 0.497 e. The van der Waals surface area contributed by atoms with Gasteiger partial charge in [-0.15, -0.1) is 0 Å². The zero-order valence-corrected chi connectivity index (χ0v) is 19.5. The number of methoxy groups -OCH3 is 3. The van der Waals surface area contributed by atoms with Gasteiger partial charge < -0.3 is 24.4 Å². The molecule has 0 spiro atoms. The van der Waals surface area contributed by atoms with Crippen molar-refractivity contribution in [2.45, 2.75) is 31.1 Å². The van der Waals surface area contributed by atoms with Crippen LogP contribution >= 0.6 is 0 Å². The fourth-order valence-electron chi connectivity index (χ4n) is 4.78. The number of fused-ring (bicyclic) bond motifs is 1. The molecule has 9 heteroatoms. The Kier molecular flexibility index (Phi) is 7.14. The number of benzene rings is 2. The van der Waals surface area contributed by atoms with Crippen LogP contribution in [-0.4, -0.2) is 68.9 Å². The summed E-state index contributed by atoms with van der Waals surface area (Å²) < 4.78 is 16.3. The van der Waals surface area contributed by atoms with Gasteiger partial charge in [-0.3, -0.25) is 9.59 Å². The number of nitrogens with one attached hydrogen (secondary N) is 1. The molecule has 180 valence electrons. The minimum Gasteiger partial charge on any atom is -0.497 e. The van der Waals surface area contributed by atoms with Crippen molar-refractivity contribution in [3.63, 3.8) is 0 Å². The van der Waals surface area contributed by atoms with Gasteiger partial charge in [0.15, 0.2) is 0 Å². The molecule has 4 unspecified atom stereocenters. The fourth-order valence-corrected chi connectivity index (χ4v) is 4.78. The van der Waals surface area contributed by atoms with Crippen LogP contribution in [0.5, 0.6) is 5.75 Å². The van der Waals surface area contributed by atoms with Gasteiger partial charge in [0.2, 0.25) is 11.8 Å². The van der Waals surface area contributed by atoms with Crippen molar-refractivity contribution in [1.82, 2.24) is 4.90 Å². The molecule has 4 amide bonds. The number of urea groups is 1. The highest BCUT2D eigenvalue weighted by Gasteiger charge is 2.52. The highest BCUT2D eigenvalue weighted by atomic mass is 16.5. The molecule has 1 saturated heterocycles. The molecule has 9 nitrogen and oxygen atoms in total. The van der Waals surface area contributed by atoms with Crippen molar-refractivity contribution in [2.24, 2.45) is 5.92 Å². The molecule has 1 saturated carbocycles. The van der Waals surface area contributed by atoms with E-state index in [-0.39, 0.29) is 30.6 Å². The maximum atomic E-state index is 13.6. The first kappa shape index (κ1) is 23.7. The third-order valence-corrected chi connectivity index (χ3v) is 6.52. The van der Waals surface area contributed by atoms with Gasteiger partial charge in [0, 0.05) is 25.9 Å². The highest BCUT2D eigenvalue weighted by Crippen LogP contribution is 2.38. The van der Waals surface area contributed by atoms with E-state index in [2.05, 4.69) is 5.32 Å². The second kappa shape index (κ2) is 10.2. The van der Waals surface area contributed by atoms with Crippen LogP contribution in [0.15, 0.2) is 54.6 Å². The Labute approximate surface area is 198 Å². The van der Waals surface area contributed by atoms with Gasteiger partial charge in [-0.2, -0.15) is 0 Å². The van der Waals surface area contributed by atoms with Crippen LogP contribution in [-0.2, 0) is 19.1 Å². The van der Waals surface area contributed by atoms with Crippen molar-refractivity contribution < 1.29 is 28.6 Å². The summed E-state index contributed by atoms with van der Waals surface area (Å²) >= 11 is 0. The van der Waals surface area contributed by atoms with Crippen molar-refractivity contribution in [3.8, 4) is 5.75 Å². The van der Waals surface area contributed by atoms with Crippen LogP contribution in [0.25, 0.3) is 0 Å². The van der Waals surface area contributed by atoms with E-state index >= 15 is 0 Å². The summed E-state index contributed by atoms with van der Waals surface area (Å²) in [6.45, 7) is -0.198. The van der Waals surface area contributed by atoms with Crippen LogP contribution in [0.2, 0.25) is 0 Å². The molecule has 1 aliphatic carbocycles. The molecule has 2 aromatic rings. The van der Waals surface area contributed by atoms with Gasteiger partial charge in [0.25, 0.3) is 0 Å². The lowest BCUT2D eigenvalue weighted by atomic mass is 9.78. The first-order valence-corrected chi connectivity index (χ1v) is 11.2. The smallest absolute Gasteiger partial charge is 0.332 e. The van der Waals surface area contributed by atoms with Gasteiger partial charge in [0.1, 0.15) is 12.3 Å². The van der Waals surface area contributed by atoms with Crippen LogP contribution < -0.4 is 15.0 Å². The first-order chi connectivity index (χ1) is 16.5. The number of nitrogens with zero attached hydrogens (tertiary/aromatic N) is 2. The number of carbonyl (C=O) groups is 3. The molecule has 1 heterocycles. The van der Waals surface area contributed by atoms with Gasteiger partial charge in [0.05, 0.1) is 30.9 Å². The normalized spacial score (nSPS) is 24.6. The molecule has 0 radical (unpaired) electrons. The summed E-state index contributed by atoms with van der Waals surface area (Å²) in [6, 6.07) is 14.7. The average Bonchev–Trinajstić information content (AvgIpc) is 2.87. The van der Waals surface area contributed by atoms with Gasteiger partial charge >= 0.3 is 6.03 Å². The van der Waals surface area contributed by atoms with E-state index in [1.54, 1.807) is 69.9 Å². The van der Waals surface area contributed by atoms with E-state index < -0.39 is 18.0 Å². The number of imide groups is 1. The third kappa shape index (κ3) is 4.62. The molecule has 2 fully saturated rings. The monoisotopic (exact) mass is 467 g/mol. The number of rotatable bonds is 7. The Bertz CT molecular complexity index is 1030. The van der Waals surface area contributed by atoms with E-state index in [4.69, 9.17) is 14.2 Å². The van der Waals surface area contributed by atoms with Crippen LogP contribution in [0.1, 0.15) is 12.8 Å². The molecule has 1 aliphatic heterocycles. The Morgan fingerprint density at radius 3 is 2.21 bits per heavy atom. The number of hydrogen-bond acceptors (Lipinski definition) is 6. The van der Waals surface area contributed by atoms with Gasteiger partial charge in [-0.25, -0.2) is 9.69 Å². The van der Waals surface area contributed by atoms with Gasteiger partial charge in [-0.1, -0.05) is 18.2 Å². The summed E-state index contributed by atoms with van der Waals surface area (Å²) in [4.78, 5) is 42.7. The van der Waals surface area contributed by atoms with E-state index in [1.807, 2.05) is 6.07 Å². The van der Waals surface area contributed by atoms with E-state index in [0.717, 1.165) is 0 Å². The first-order valence-electron chi connectivity index (χ1n) is 11.2. The Morgan fingerprint density at radius 1 is 0.941 bits per heavy atom. The number of ether oxygens (including phenoxy) is 3. The number of hydrogen-bond donors (Lipinski definition) is 1.